The molecule has 0 saturated heterocycles. The van der Waals surface area contributed by atoms with E-state index in [-0.39, 0.29) is 47.2 Å². The Kier molecular flexibility index (Phi) is 9.43. The Morgan fingerprint density at radius 1 is 1.08 bits per heavy atom. The van der Waals surface area contributed by atoms with Gasteiger partial charge in [0.2, 0.25) is 0 Å². The number of ether oxygens (including phenoxy) is 1. The molecule has 276 valence electrons. The predicted octanol–water partition coefficient (Wildman–Crippen LogP) is 7.22. The maximum atomic E-state index is 14.9. The second-order valence-corrected chi connectivity index (χ2v) is 14.9. The van der Waals surface area contributed by atoms with Gasteiger partial charge >= 0.3 is 12.5 Å². The van der Waals surface area contributed by atoms with Crippen molar-refractivity contribution in [3.63, 3.8) is 0 Å². The van der Waals surface area contributed by atoms with Gasteiger partial charge in [0.15, 0.2) is 23.1 Å². The normalized spacial score (nSPS) is 19.2. The van der Waals surface area contributed by atoms with Crippen LogP contribution in [0.4, 0.5) is 22.0 Å². The van der Waals surface area contributed by atoms with Crippen molar-refractivity contribution >= 4 is 29.4 Å². The van der Waals surface area contributed by atoms with Gasteiger partial charge < -0.3 is 10.5 Å². The van der Waals surface area contributed by atoms with Crippen LogP contribution < -0.4 is 5.73 Å². The Labute approximate surface area is 300 Å². The summed E-state index contributed by atoms with van der Waals surface area (Å²) < 4.78 is 77.3. The maximum Gasteiger partial charge on any atom is 0.335 e. The minimum atomic E-state index is -3.12. The van der Waals surface area contributed by atoms with Crippen LogP contribution >= 0.6 is 11.6 Å². The number of guanidine groups is 1. The van der Waals surface area contributed by atoms with E-state index < -0.39 is 65.6 Å². The molecule has 1 amide bonds. The molecule has 52 heavy (non-hydrogen) atoms. The Morgan fingerprint density at radius 2 is 1.77 bits per heavy atom. The number of aliphatic imine (C=N–C) groups is 1. The third kappa shape index (κ3) is 6.99. The molecule has 0 bridgehead atoms. The van der Waals surface area contributed by atoms with Crippen LogP contribution in [-0.2, 0) is 19.9 Å². The maximum absolute atomic E-state index is 14.9. The highest BCUT2D eigenvalue weighted by Gasteiger charge is 2.60. The fourth-order valence-electron chi connectivity index (χ4n) is 6.65. The number of hydrogen-bond donors (Lipinski definition) is 1. The van der Waals surface area contributed by atoms with Gasteiger partial charge in [-0.25, -0.2) is 27.8 Å². The highest BCUT2D eigenvalue weighted by atomic mass is 35.5. The van der Waals surface area contributed by atoms with Gasteiger partial charge in [-0.05, 0) is 67.0 Å². The van der Waals surface area contributed by atoms with Crippen LogP contribution in [0.3, 0.4) is 0 Å². The first-order valence-corrected chi connectivity index (χ1v) is 16.7. The van der Waals surface area contributed by atoms with Gasteiger partial charge in [-0.2, -0.15) is 23.7 Å². The number of carbonyl (C=O) groups is 2. The minimum absolute atomic E-state index is 0.0314. The van der Waals surface area contributed by atoms with Crippen molar-refractivity contribution < 1.29 is 36.3 Å². The lowest BCUT2D eigenvalue weighted by molar-refractivity contribution is -0.153. The van der Waals surface area contributed by atoms with Gasteiger partial charge in [0.25, 0.3) is 11.8 Å². The lowest BCUT2D eigenvalue weighted by atomic mass is 9.75. The smallest absolute Gasteiger partial charge is 0.335 e. The summed E-state index contributed by atoms with van der Waals surface area (Å²) in [5.41, 5.74) is 4.20. The molecule has 2 atom stereocenters. The largest absolute Gasteiger partial charge is 0.463 e. The summed E-state index contributed by atoms with van der Waals surface area (Å²) >= 11 is 6.45. The number of esters is 1. The van der Waals surface area contributed by atoms with E-state index in [1.165, 1.54) is 29.1 Å². The average molecular weight is 747 g/mol. The number of benzene rings is 2. The zero-order valence-corrected chi connectivity index (χ0v) is 29.4. The Hall–Kier alpha value is -4.86. The third-order valence-corrected chi connectivity index (χ3v) is 9.76. The number of nitrogens with two attached hydrogens (primary N) is 1. The number of amides is 1. The van der Waals surface area contributed by atoms with E-state index in [0.717, 1.165) is 24.3 Å². The van der Waals surface area contributed by atoms with E-state index in [1.54, 1.807) is 24.3 Å². The molecule has 17 heteroatoms. The van der Waals surface area contributed by atoms with E-state index >= 15 is 0 Å². The molecular formula is C35H36ClF5N8O3. The van der Waals surface area contributed by atoms with Gasteiger partial charge in [0, 0.05) is 11.0 Å². The zero-order valence-electron chi connectivity index (χ0n) is 28.7. The topological polar surface area (TPSA) is 134 Å². The first kappa shape index (κ1) is 36.9. The summed E-state index contributed by atoms with van der Waals surface area (Å²) in [7, 11) is 0. The van der Waals surface area contributed by atoms with E-state index in [4.69, 9.17) is 27.1 Å². The molecule has 1 fully saturated rings. The highest BCUT2D eigenvalue weighted by molar-refractivity contribution is 6.33. The molecule has 4 aromatic rings. The van der Waals surface area contributed by atoms with Gasteiger partial charge in [0.1, 0.15) is 12.9 Å². The quantitative estimate of drug-likeness (QED) is 0.120. The van der Waals surface area contributed by atoms with Gasteiger partial charge in [-0.3, -0.25) is 14.5 Å². The molecule has 6 rings (SSSR count). The van der Waals surface area contributed by atoms with E-state index in [0.29, 0.717) is 15.9 Å². The van der Waals surface area contributed by atoms with E-state index in [2.05, 4.69) is 15.2 Å². The number of alkyl halides is 4. The molecule has 1 saturated carbocycles. The van der Waals surface area contributed by atoms with Crippen molar-refractivity contribution in [2.24, 2.45) is 21.6 Å². The average Bonchev–Trinajstić information content (AvgIpc) is 3.36. The third-order valence-electron chi connectivity index (χ3n) is 9.43. The van der Waals surface area contributed by atoms with Crippen molar-refractivity contribution in [2.75, 3.05) is 6.61 Å². The first-order valence-electron chi connectivity index (χ1n) is 16.4. The Morgan fingerprint density at radius 3 is 2.35 bits per heavy atom. The second kappa shape index (κ2) is 13.3. The van der Waals surface area contributed by atoms with Crippen LogP contribution in [0.15, 0.2) is 66.2 Å². The predicted molar refractivity (Wildman–Crippen MR) is 180 cm³/mol. The van der Waals surface area contributed by atoms with E-state index in [9.17, 15) is 31.5 Å². The van der Waals surface area contributed by atoms with Crippen LogP contribution in [-0.4, -0.2) is 59.8 Å². The number of rotatable bonds is 12. The number of nitrogens with zero attached hydrogens (tertiary/aromatic N) is 7. The fourth-order valence-corrected chi connectivity index (χ4v) is 6.86. The summed E-state index contributed by atoms with van der Waals surface area (Å²) in [5.74, 6) is -5.66. The van der Waals surface area contributed by atoms with Crippen molar-refractivity contribution in [3.8, 4) is 17.1 Å². The standard InChI is InChI=1S/C35H36ClF5N8O3/c1-32(2,3)18-35(21-6-8-23(9-7-21)47-16-22(37)15-44-47)29(51)48(31(42)46-35)26(17-52-27(50)14-34(11-12-34)33(4,40)41)20-5-10-25(36)24(13-20)28-43-19-45-49(28)30(38)39/h5-10,13,15-16,19,26,30H,11-12,14,17-18H2,1-4H3,(H2,42,46)/t26-,35-/m1/s1. The van der Waals surface area contributed by atoms with Crippen LogP contribution in [0.5, 0.6) is 0 Å². The van der Waals surface area contributed by atoms with Crippen molar-refractivity contribution in [1.29, 1.82) is 0 Å². The van der Waals surface area contributed by atoms with Crippen molar-refractivity contribution in [1.82, 2.24) is 29.4 Å². The Balaban J connectivity index is 1.41. The summed E-state index contributed by atoms with van der Waals surface area (Å²) in [6, 6.07) is 9.69. The van der Waals surface area contributed by atoms with Crippen molar-refractivity contribution in [3.05, 3.63) is 83.2 Å². The lowest BCUT2D eigenvalue weighted by Gasteiger charge is -2.35. The zero-order chi connectivity index (χ0) is 37.8. The molecular weight excluding hydrogens is 711 g/mol. The first-order chi connectivity index (χ1) is 24.3. The number of carbonyl (C=O) groups excluding carboxylic acids is 2. The minimum Gasteiger partial charge on any atom is -0.463 e. The molecule has 11 nitrogen and oxygen atoms in total. The summed E-state index contributed by atoms with van der Waals surface area (Å²) in [6.45, 7) is 2.90. The molecule has 1 aliphatic carbocycles. The van der Waals surface area contributed by atoms with Crippen LogP contribution in [0.25, 0.3) is 17.1 Å². The molecule has 0 radical (unpaired) electrons. The van der Waals surface area contributed by atoms with Gasteiger partial charge in [-0.15, -0.1) is 0 Å². The highest BCUT2D eigenvalue weighted by Crippen LogP contribution is 2.59. The van der Waals surface area contributed by atoms with Crippen LogP contribution in [0, 0.1) is 16.6 Å². The number of hydrogen-bond acceptors (Lipinski definition) is 8. The SMILES string of the molecule is CC(C)(C)C[C@]1(c2ccc(-n3cc(F)cn3)cc2)N=C(N)N([C@H](COC(=O)CC2(C(C)(F)F)CC2)c2ccc(Cl)c(-c3ncnn3C(F)F)c2)C1=O. The molecule has 0 spiro atoms. The fraction of sp³-hybridized carbons (Fsp3) is 0.429. The molecule has 2 aromatic carbocycles. The van der Waals surface area contributed by atoms with Gasteiger partial charge in [0.05, 0.1) is 35.6 Å². The number of halogens is 6. The molecule has 2 aliphatic rings. The summed E-state index contributed by atoms with van der Waals surface area (Å²) in [6.07, 6.45) is 3.09. The summed E-state index contributed by atoms with van der Waals surface area (Å²) in [4.78, 5) is 37.8. The molecule has 1 aliphatic heterocycles. The molecule has 3 heterocycles. The van der Waals surface area contributed by atoms with Gasteiger partial charge in [-0.1, -0.05) is 50.6 Å². The molecule has 0 unspecified atom stereocenters. The second-order valence-electron chi connectivity index (χ2n) is 14.5. The monoisotopic (exact) mass is 746 g/mol. The molecule has 2 aromatic heterocycles. The number of aromatic nitrogens is 5. The Bertz CT molecular complexity index is 2020. The van der Waals surface area contributed by atoms with Crippen molar-refractivity contribution in [2.45, 2.75) is 77.4 Å². The molecule has 2 N–H and O–H groups in total. The lowest BCUT2D eigenvalue weighted by Crippen LogP contribution is -2.47. The van der Waals surface area contributed by atoms with Crippen LogP contribution in [0.1, 0.15) is 77.1 Å². The van der Waals surface area contributed by atoms with Crippen LogP contribution in [0.2, 0.25) is 5.02 Å². The van der Waals surface area contributed by atoms with E-state index in [1.807, 2.05) is 20.8 Å². The summed E-state index contributed by atoms with van der Waals surface area (Å²) in [5, 5.41) is 7.59.